The number of nitrogens with one attached hydrogen (secondary N) is 1. The number of amides is 2. The Hall–Kier alpha value is -2.94. The van der Waals surface area contributed by atoms with E-state index < -0.39 is 27.7 Å². The van der Waals surface area contributed by atoms with Crippen LogP contribution in [0.2, 0.25) is 0 Å². The van der Waals surface area contributed by atoms with Gasteiger partial charge >= 0.3 is 0 Å². The first-order chi connectivity index (χ1) is 12.3. The topological polar surface area (TPSA) is 92.8 Å². The van der Waals surface area contributed by atoms with Gasteiger partial charge in [0.15, 0.2) is 0 Å². The number of hydrogen-bond acceptors (Lipinski definition) is 5. The highest BCUT2D eigenvalue weighted by Crippen LogP contribution is 2.32. The molecule has 7 nitrogen and oxygen atoms in total. The van der Waals surface area contributed by atoms with Crippen LogP contribution in [0.15, 0.2) is 47.4 Å². The van der Waals surface area contributed by atoms with Crippen LogP contribution in [0, 0.1) is 5.82 Å². The van der Waals surface area contributed by atoms with Gasteiger partial charge in [-0.05, 0) is 36.4 Å². The van der Waals surface area contributed by atoms with Gasteiger partial charge in [0.05, 0.1) is 18.5 Å². The molecule has 0 spiro atoms. The van der Waals surface area contributed by atoms with Crippen molar-refractivity contribution in [3.05, 3.63) is 48.3 Å². The van der Waals surface area contributed by atoms with Crippen molar-refractivity contribution in [2.45, 2.75) is 17.7 Å². The van der Waals surface area contributed by atoms with Crippen molar-refractivity contribution in [2.75, 3.05) is 16.7 Å². The van der Waals surface area contributed by atoms with Crippen LogP contribution in [0.25, 0.3) is 0 Å². The third kappa shape index (κ3) is 3.38. The monoisotopic (exact) mass is 378 g/mol. The maximum absolute atomic E-state index is 13.3. The Balaban J connectivity index is 2.03. The zero-order valence-corrected chi connectivity index (χ0v) is 14.5. The molecule has 0 radical (unpaired) electrons. The lowest BCUT2D eigenvalue weighted by molar-refractivity contribution is -0.121. The predicted molar refractivity (Wildman–Crippen MR) is 91.9 cm³/mol. The Labute approximate surface area is 149 Å². The van der Waals surface area contributed by atoms with E-state index >= 15 is 0 Å². The number of carbonyl (C=O) groups is 2. The van der Waals surface area contributed by atoms with Crippen LogP contribution in [-0.4, -0.2) is 27.3 Å². The summed E-state index contributed by atoms with van der Waals surface area (Å²) >= 11 is 0. The Kier molecular flexibility index (Phi) is 4.64. The highest BCUT2D eigenvalue weighted by atomic mass is 32.2. The number of nitrogens with zero attached hydrogens (tertiary/aromatic N) is 1. The molecule has 1 aliphatic heterocycles. The number of carbonyl (C=O) groups excluding carboxylic acids is 2. The highest BCUT2D eigenvalue weighted by Gasteiger charge is 2.32. The lowest BCUT2D eigenvalue weighted by Crippen LogP contribution is -2.28. The molecule has 0 bridgehead atoms. The SMILES string of the molecule is COc1ccc(N2C(=O)CCC2=O)cc1S(=O)(=O)Nc1cccc(F)c1. The van der Waals surface area contributed by atoms with Gasteiger partial charge in [0.1, 0.15) is 16.5 Å². The van der Waals surface area contributed by atoms with Crippen LogP contribution in [0.3, 0.4) is 0 Å². The minimum absolute atomic E-state index is 0.0248. The summed E-state index contributed by atoms with van der Waals surface area (Å²) in [4.78, 5) is 24.5. The molecule has 1 heterocycles. The van der Waals surface area contributed by atoms with Gasteiger partial charge < -0.3 is 4.74 Å². The summed E-state index contributed by atoms with van der Waals surface area (Å²) in [6.45, 7) is 0. The molecule has 1 saturated heterocycles. The number of halogens is 1. The van der Waals surface area contributed by atoms with Crippen LogP contribution in [0.4, 0.5) is 15.8 Å². The van der Waals surface area contributed by atoms with E-state index in [1.807, 2.05) is 0 Å². The summed E-state index contributed by atoms with van der Waals surface area (Å²) in [6.07, 6.45) is 0.156. The molecule has 1 fully saturated rings. The van der Waals surface area contributed by atoms with Crippen molar-refractivity contribution >= 4 is 33.2 Å². The fourth-order valence-electron chi connectivity index (χ4n) is 2.64. The van der Waals surface area contributed by atoms with E-state index in [0.717, 1.165) is 11.0 Å². The second-order valence-electron chi connectivity index (χ2n) is 5.57. The number of sulfonamides is 1. The number of anilines is 2. The van der Waals surface area contributed by atoms with Crippen LogP contribution in [0.1, 0.15) is 12.8 Å². The van der Waals surface area contributed by atoms with Gasteiger partial charge in [0.25, 0.3) is 10.0 Å². The van der Waals surface area contributed by atoms with Gasteiger partial charge in [-0.2, -0.15) is 0 Å². The fourth-order valence-corrected chi connectivity index (χ4v) is 3.88. The second kappa shape index (κ2) is 6.75. The molecule has 26 heavy (non-hydrogen) atoms. The van der Waals surface area contributed by atoms with Crippen LogP contribution in [0.5, 0.6) is 5.75 Å². The van der Waals surface area contributed by atoms with Crippen LogP contribution >= 0.6 is 0 Å². The predicted octanol–water partition coefficient (Wildman–Crippen LogP) is 2.29. The van der Waals surface area contributed by atoms with Crippen molar-refractivity contribution in [1.82, 2.24) is 0 Å². The van der Waals surface area contributed by atoms with Crippen LogP contribution < -0.4 is 14.4 Å². The van der Waals surface area contributed by atoms with Crippen molar-refractivity contribution in [3.63, 3.8) is 0 Å². The molecule has 0 saturated carbocycles. The molecule has 9 heteroatoms. The van der Waals surface area contributed by atoms with Gasteiger partial charge in [-0.3, -0.25) is 19.2 Å². The first-order valence-electron chi connectivity index (χ1n) is 7.64. The van der Waals surface area contributed by atoms with Gasteiger partial charge in [0, 0.05) is 12.8 Å². The normalized spacial score (nSPS) is 14.6. The average Bonchev–Trinajstić information content (AvgIpc) is 2.92. The van der Waals surface area contributed by atoms with Gasteiger partial charge in [-0.1, -0.05) is 6.07 Å². The van der Waals surface area contributed by atoms with E-state index in [-0.39, 0.29) is 34.9 Å². The second-order valence-corrected chi connectivity index (χ2v) is 7.22. The number of hydrogen-bond donors (Lipinski definition) is 1. The molecule has 2 amide bonds. The Morgan fingerprint density at radius 2 is 1.77 bits per heavy atom. The third-order valence-electron chi connectivity index (χ3n) is 3.82. The molecule has 3 rings (SSSR count). The summed E-state index contributed by atoms with van der Waals surface area (Å²) in [5, 5.41) is 0. The molecule has 2 aromatic carbocycles. The van der Waals surface area contributed by atoms with Gasteiger partial charge in [-0.25, -0.2) is 12.8 Å². The minimum atomic E-state index is -4.15. The molecule has 0 atom stereocenters. The maximum Gasteiger partial charge on any atom is 0.265 e. The van der Waals surface area contributed by atoms with Crippen molar-refractivity contribution in [2.24, 2.45) is 0 Å². The van der Waals surface area contributed by atoms with E-state index in [1.54, 1.807) is 0 Å². The van der Waals surface area contributed by atoms with Gasteiger partial charge in [0.2, 0.25) is 11.8 Å². The van der Waals surface area contributed by atoms with Crippen molar-refractivity contribution in [1.29, 1.82) is 0 Å². The Bertz CT molecular complexity index is 974. The summed E-state index contributed by atoms with van der Waals surface area (Å²) < 4.78 is 46.1. The van der Waals surface area contributed by atoms with E-state index in [0.29, 0.717) is 0 Å². The molecule has 0 aromatic heterocycles. The zero-order valence-electron chi connectivity index (χ0n) is 13.7. The lowest BCUT2D eigenvalue weighted by Gasteiger charge is -2.17. The van der Waals surface area contributed by atoms with E-state index in [9.17, 15) is 22.4 Å². The Morgan fingerprint density at radius 3 is 2.38 bits per heavy atom. The number of imide groups is 1. The molecular formula is C17H15FN2O5S. The minimum Gasteiger partial charge on any atom is -0.495 e. The van der Waals surface area contributed by atoms with Crippen LogP contribution in [-0.2, 0) is 19.6 Å². The first kappa shape index (κ1) is 17.9. The largest absolute Gasteiger partial charge is 0.495 e. The average molecular weight is 378 g/mol. The molecule has 1 N–H and O–H groups in total. The third-order valence-corrected chi connectivity index (χ3v) is 5.23. The molecular weight excluding hydrogens is 363 g/mol. The molecule has 1 aliphatic rings. The number of methoxy groups -OCH3 is 1. The molecule has 136 valence electrons. The molecule has 2 aromatic rings. The highest BCUT2D eigenvalue weighted by molar-refractivity contribution is 7.92. The van der Waals surface area contributed by atoms with E-state index in [4.69, 9.17) is 4.74 Å². The lowest BCUT2D eigenvalue weighted by atomic mass is 10.2. The zero-order chi connectivity index (χ0) is 18.9. The maximum atomic E-state index is 13.3. The summed E-state index contributed by atoms with van der Waals surface area (Å²) in [6, 6.07) is 8.94. The smallest absolute Gasteiger partial charge is 0.265 e. The van der Waals surface area contributed by atoms with Gasteiger partial charge in [-0.15, -0.1) is 0 Å². The number of rotatable bonds is 5. The number of benzene rings is 2. The standard InChI is InChI=1S/C17H15FN2O5S/c1-25-14-6-5-13(20-16(21)7-8-17(20)22)10-15(14)26(23,24)19-12-4-2-3-11(18)9-12/h2-6,9-10,19H,7-8H2,1H3. The van der Waals surface area contributed by atoms with Crippen molar-refractivity contribution in [3.8, 4) is 5.75 Å². The molecule has 0 unspecified atom stereocenters. The first-order valence-corrected chi connectivity index (χ1v) is 9.12. The van der Waals surface area contributed by atoms with Crippen molar-refractivity contribution < 1.29 is 27.1 Å². The summed E-state index contributed by atoms with van der Waals surface area (Å²) in [5.41, 5.74) is 0.170. The number of ether oxygens (including phenoxy) is 1. The summed E-state index contributed by atoms with van der Waals surface area (Å²) in [5.74, 6) is -1.38. The fraction of sp³-hybridized carbons (Fsp3) is 0.176. The quantitative estimate of drug-likeness (QED) is 0.806. The molecule has 0 aliphatic carbocycles. The summed E-state index contributed by atoms with van der Waals surface area (Å²) in [7, 11) is -2.86. The van der Waals surface area contributed by atoms with E-state index in [2.05, 4.69) is 4.72 Å². The van der Waals surface area contributed by atoms with E-state index in [1.165, 1.54) is 43.5 Å². The Morgan fingerprint density at radius 1 is 1.08 bits per heavy atom.